The molecule has 0 aliphatic carbocycles. The minimum Gasteiger partial charge on any atom is -0.492 e. The van der Waals surface area contributed by atoms with E-state index in [1.165, 1.54) is 11.5 Å². The van der Waals surface area contributed by atoms with Crippen LogP contribution < -0.4 is 15.8 Å². The Morgan fingerprint density at radius 2 is 1.86 bits per heavy atom. The number of aromatic nitrogens is 1. The average Bonchev–Trinajstić information content (AvgIpc) is 3.03. The van der Waals surface area contributed by atoms with E-state index >= 15 is 0 Å². The van der Waals surface area contributed by atoms with Gasteiger partial charge < -0.3 is 19.2 Å². The van der Waals surface area contributed by atoms with E-state index in [-0.39, 0.29) is 13.0 Å². The Bertz CT molecular complexity index is 1070. The Kier molecular flexibility index (Phi) is 6.33. The van der Waals surface area contributed by atoms with Crippen LogP contribution in [0.1, 0.15) is 20.3 Å². The van der Waals surface area contributed by atoms with Gasteiger partial charge >= 0.3 is 11.7 Å². The quantitative estimate of drug-likeness (QED) is 0.586. The fraction of sp³-hybridized carbons (Fsp3) is 0.286. The van der Waals surface area contributed by atoms with Gasteiger partial charge in [0.15, 0.2) is 11.7 Å². The fourth-order valence-electron chi connectivity index (χ4n) is 2.82. The predicted molar refractivity (Wildman–Crippen MR) is 107 cm³/mol. The summed E-state index contributed by atoms with van der Waals surface area (Å²) >= 11 is 0. The third-order valence-electron chi connectivity index (χ3n) is 4.24. The smallest absolute Gasteiger partial charge is 0.419 e. The van der Waals surface area contributed by atoms with Gasteiger partial charge in [-0.25, -0.2) is 4.79 Å². The van der Waals surface area contributed by atoms with E-state index in [2.05, 4.69) is 5.32 Å². The molecule has 0 aliphatic rings. The first-order valence-electron chi connectivity index (χ1n) is 9.30. The molecule has 1 amide bonds. The van der Waals surface area contributed by atoms with Crippen LogP contribution in [-0.2, 0) is 20.9 Å². The van der Waals surface area contributed by atoms with Crippen molar-refractivity contribution in [2.75, 3.05) is 11.9 Å². The fourth-order valence-corrected chi connectivity index (χ4v) is 2.82. The number of oxazole rings is 1. The molecule has 1 atom stereocenters. The van der Waals surface area contributed by atoms with Crippen LogP contribution in [0.5, 0.6) is 5.75 Å². The standard InChI is InChI=1S/C21H22N2O6/c1-3-27-17-10-6-4-8-15(17)22-20(25)14(2)28-19(24)12-13-23-16-9-5-7-11-18(16)29-21(23)26/h4-11,14H,3,12-13H2,1-2H3,(H,22,25). The highest BCUT2D eigenvalue weighted by Crippen LogP contribution is 2.24. The molecular formula is C21H22N2O6. The number of carbonyl (C=O) groups excluding carboxylic acids is 2. The maximum atomic E-state index is 12.4. The summed E-state index contributed by atoms with van der Waals surface area (Å²) in [5.41, 5.74) is 1.55. The summed E-state index contributed by atoms with van der Waals surface area (Å²) in [5, 5.41) is 2.69. The average molecular weight is 398 g/mol. The minimum atomic E-state index is -1.00. The molecule has 0 aliphatic heterocycles. The van der Waals surface area contributed by atoms with Gasteiger partial charge in [0.2, 0.25) is 0 Å². The van der Waals surface area contributed by atoms with Crippen molar-refractivity contribution in [1.29, 1.82) is 0 Å². The number of carbonyl (C=O) groups is 2. The van der Waals surface area contributed by atoms with Gasteiger partial charge in [0, 0.05) is 6.54 Å². The Balaban J connectivity index is 1.57. The summed E-state index contributed by atoms with van der Waals surface area (Å²) in [7, 11) is 0. The van der Waals surface area contributed by atoms with Gasteiger partial charge in [0.1, 0.15) is 5.75 Å². The molecule has 1 N–H and O–H groups in total. The molecule has 0 bridgehead atoms. The van der Waals surface area contributed by atoms with Crippen LogP contribution >= 0.6 is 0 Å². The number of ether oxygens (including phenoxy) is 2. The second-order valence-corrected chi connectivity index (χ2v) is 6.29. The molecule has 152 valence electrons. The van der Waals surface area contributed by atoms with Crippen LogP contribution in [0.25, 0.3) is 11.1 Å². The van der Waals surface area contributed by atoms with Crippen molar-refractivity contribution in [2.45, 2.75) is 32.9 Å². The van der Waals surface area contributed by atoms with Crippen molar-refractivity contribution in [3.8, 4) is 5.75 Å². The molecule has 0 spiro atoms. The molecule has 1 aromatic heterocycles. The molecule has 29 heavy (non-hydrogen) atoms. The van der Waals surface area contributed by atoms with Gasteiger partial charge in [-0.15, -0.1) is 0 Å². The second kappa shape index (κ2) is 9.09. The van der Waals surface area contributed by atoms with Crippen LogP contribution in [-0.4, -0.2) is 29.2 Å². The highest BCUT2D eigenvalue weighted by atomic mass is 16.5. The number of nitrogens with one attached hydrogen (secondary N) is 1. The number of amides is 1. The second-order valence-electron chi connectivity index (χ2n) is 6.29. The van der Waals surface area contributed by atoms with Crippen LogP contribution in [0.4, 0.5) is 5.69 Å². The topological polar surface area (TPSA) is 99.8 Å². The number of anilines is 1. The molecule has 8 heteroatoms. The number of hydrogen-bond acceptors (Lipinski definition) is 6. The lowest BCUT2D eigenvalue weighted by Gasteiger charge is -2.15. The van der Waals surface area contributed by atoms with E-state index in [4.69, 9.17) is 13.9 Å². The number of benzene rings is 2. The molecule has 8 nitrogen and oxygen atoms in total. The van der Waals surface area contributed by atoms with E-state index in [9.17, 15) is 14.4 Å². The maximum absolute atomic E-state index is 12.4. The minimum absolute atomic E-state index is 0.0728. The molecule has 3 rings (SSSR count). The van der Waals surface area contributed by atoms with E-state index in [1.807, 2.05) is 6.92 Å². The van der Waals surface area contributed by atoms with Crippen molar-refractivity contribution in [3.63, 3.8) is 0 Å². The number of hydrogen-bond donors (Lipinski definition) is 1. The van der Waals surface area contributed by atoms with Crippen LogP contribution in [0.15, 0.2) is 57.7 Å². The summed E-state index contributed by atoms with van der Waals surface area (Å²) < 4.78 is 17.1. The van der Waals surface area contributed by atoms with E-state index < -0.39 is 23.7 Å². The Hall–Kier alpha value is -3.55. The first kappa shape index (κ1) is 20.2. The summed E-state index contributed by atoms with van der Waals surface area (Å²) in [6, 6.07) is 14.0. The molecule has 2 aromatic carbocycles. The zero-order valence-corrected chi connectivity index (χ0v) is 16.2. The summed E-state index contributed by atoms with van der Waals surface area (Å²) in [6.45, 7) is 3.88. The lowest BCUT2D eigenvalue weighted by atomic mass is 10.2. The van der Waals surface area contributed by atoms with E-state index in [0.717, 1.165) is 0 Å². The lowest BCUT2D eigenvalue weighted by molar-refractivity contribution is -0.153. The van der Waals surface area contributed by atoms with Gasteiger partial charge in [-0.05, 0) is 38.1 Å². The normalized spacial score (nSPS) is 11.8. The zero-order valence-electron chi connectivity index (χ0n) is 16.2. The van der Waals surface area contributed by atoms with E-state index in [0.29, 0.717) is 29.1 Å². The Morgan fingerprint density at radius 1 is 1.14 bits per heavy atom. The molecule has 3 aromatic rings. The number of fused-ring (bicyclic) bond motifs is 1. The third kappa shape index (κ3) is 4.84. The first-order chi connectivity index (χ1) is 14.0. The van der Waals surface area contributed by atoms with E-state index in [1.54, 1.807) is 48.5 Å². The molecule has 0 saturated heterocycles. The van der Waals surface area contributed by atoms with Crippen molar-refractivity contribution >= 4 is 28.7 Å². The van der Waals surface area contributed by atoms with Crippen LogP contribution in [0.3, 0.4) is 0 Å². The van der Waals surface area contributed by atoms with Crippen molar-refractivity contribution in [2.24, 2.45) is 0 Å². The summed E-state index contributed by atoms with van der Waals surface area (Å²) in [5.74, 6) is -1.08. The molecule has 1 heterocycles. The summed E-state index contributed by atoms with van der Waals surface area (Å²) in [6.07, 6.45) is -1.08. The van der Waals surface area contributed by atoms with Gasteiger partial charge in [-0.1, -0.05) is 24.3 Å². The molecule has 0 radical (unpaired) electrons. The van der Waals surface area contributed by atoms with Crippen molar-refractivity contribution < 1.29 is 23.5 Å². The number of rotatable bonds is 8. The monoisotopic (exact) mass is 398 g/mol. The SMILES string of the molecule is CCOc1ccccc1NC(=O)C(C)OC(=O)CCn1c(=O)oc2ccccc21. The molecule has 0 fully saturated rings. The number of aryl methyl sites for hydroxylation is 1. The maximum Gasteiger partial charge on any atom is 0.419 e. The number of para-hydroxylation sites is 4. The Morgan fingerprint density at radius 3 is 2.66 bits per heavy atom. The number of nitrogens with zero attached hydrogens (tertiary/aromatic N) is 1. The van der Waals surface area contributed by atoms with Crippen molar-refractivity contribution in [3.05, 3.63) is 59.1 Å². The predicted octanol–water partition coefficient (Wildman–Crippen LogP) is 2.95. The van der Waals surface area contributed by atoms with Gasteiger partial charge in [-0.3, -0.25) is 14.2 Å². The van der Waals surface area contributed by atoms with Crippen molar-refractivity contribution in [1.82, 2.24) is 4.57 Å². The first-order valence-corrected chi connectivity index (χ1v) is 9.30. The largest absolute Gasteiger partial charge is 0.492 e. The highest BCUT2D eigenvalue weighted by Gasteiger charge is 2.20. The third-order valence-corrected chi connectivity index (χ3v) is 4.24. The number of esters is 1. The van der Waals surface area contributed by atoms with Crippen LogP contribution in [0.2, 0.25) is 0 Å². The highest BCUT2D eigenvalue weighted by molar-refractivity contribution is 5.96. The lowest BCUT2D eigenvalue weighted by Crippen LogP contribution is -2.30. The van der Waals surface area contributed by atoms with Gasteiger partial charge in [0.05, 0.1) is 24.2 Å². The molecular weight excluding hydrogens is 376 g/mol. The van der Waals surface area contributed by atoms with Crippen LogP contribution in [0, 0.1) is 0 Å². The zero-order chi connectivity index (χ0) is 20.8. The summed E-state index contributed by atoms with van der Waals surface area (Å²) in [4.78, 5) is 36.4. The van der Waals surface area contributed by atoms with Gasteiger partial charge in [-0.2, -0.15) is 0 Å². The van der Waals surface area contributed by atoms with Gasteiger partial charge in [0.25, 0.3) is 5.91 Å². The molecule has 1 unspecified atom stereocenters. The molecule has 0 saturated carbocycles. The Labute approximate surface area is 167 Å².